The number of nitrogens with two attached hydrogens (primary N) is 1. The van der Waals surface area contributed by atoms with Crippen molar-refractivity contribution in [1.29, 1.82) is 0 Å². The molecule has 5 heteroatoms. The molecule has 18 heavy (non-hydrogen) atoms. The fraction of sp³-hybridized carbons (Fsp3) is 0.846. The third-order valence-corrected chi connectivity index (χ3v) is 4.78. The first-order valence-corrected chi connectivity index (χ1v) is 6.94. The number of rotatable bonds is 1. The number of fused-ring (bicyclic) bond motifs is 1. The monoisotopic (exact) mass is 249 g/mol. The van der Waals surface area contributed by atoms with E-state index in [1.54, 1.807) is 0 Å². The Kier molecular flexibility index (Phi) is 2.90. The average Bonchev–Trinajstić information content (AvgIpc) is 2.79. The van der Waals surface area contributed by atoms with Gasteiger partial charge in [-0.25, -0.2) is 0 Å². The molecule has 5 nitrogen and oxygen atoms in total. The second-order valence-corrected chi connectivity index (χ2v) is 6.38. The predicted octanol–water partition coefficient (Wildman–Crippen LogP) is 1.000. The molecule has 2 atom stereocenters. The van der Waals surface area contributed by atoms with Crippen molar-refractivity contribution in [1.82, 2.24) is 19.7 Å². The van der Waals surface area contributed by atoms with Gasteiger partial charge in [0.05, 0.1) is 6.54 Å². The highest BCUT2D eigenvalue weighted by molar-refractivity contribution is 4.99. The van der Waals surface area contributed by atoms with Crippen molar-refractivity contribution in [2.75, 3.05) is 6.54 Å². The molecule has 0 aromatic carbocycles. The highest BCUT2D eigenvalue weighted by atomic mass is 15.3. The molecule has 2 heterocycles. The van der Waals surface area contributed by atoms with Crippen molar-refractivity contribution in [3.05, 3.63) is 12.2 Å². The Hall–Kier alpha value is -0.940. The van der Waals surface area contributed by atoms with E-state index < -0.39 is 0 Å². The van der Waals surface area contributed by atoms with E-state index >= 15 is 0 Å². The summed E-state index contributed by atoms with van der Waals surface area (Å²) in [6.45, 7) is 7.56. The lowest BCUT2D eigenvalue weighted by atomic mass is 9.70. The van der Waals surface area contributed by atoms with E-state index in [1.807, 2.05) is 6.33 Å². The Morgan fingerprint density at radius 1 is 1.39 bits per heavy atom. The quantitative estimate of drug-likeness (QED) is 0.806. The number of nitrogens with zero attached hydrogens (tertiary/aromatic N) is 4. The SMILES string of the molecule is CC1(C)CCCC(N2CCn3cnnc3C2)C1N. The molecule has 1 fully saturated rings. The molecule has 100 valence electrons. The maximum Gasteiger partial charge on any atom is 0.147 e. The molecule has 2 aliphatic rings. The van der Waals surface area contributed by atoms with Crippen molar-refractivity contribution in [2.24, 2.45) is 11.1 Å². The minimum atomic E-state index is 0.258. The van der Waals surface area contributed by atoms with E-state index in [1.165, 1.54) is 19.3 Å². The van der Waals surface area contributed by atoms with E-state index in [0.29, 0.717) is 6.04 Å². The number of hydrogen-bond acceptors (Lipinski definition) is 4. The van der Waals surface area contributed by atoms with Gasteiger partial charge in [0.25, 0.3) is 0 Å². The molecule has 0 spiro atoms. The smallest absolute Gasteiger partial charge is 0.147 e. The first kappa shape index (κ1) is 12.1. The molecular formula is C13H23N5. The molecule has 0 saturated heterocycles. The van der Waals surface area contributed by atoms with Crippen molar-refractivity contribution < 1.29 is 0 Å². The van der Waals surface area contributed by atoms with E-state index in [9.17, 15) is 0 Å². The highest BCUT2D eigenvalue weighted by Crippen LogP contribution is 2.37. The maximum atomic E-state index is 6.50. The standard InChI is InChI=1S/C13H23N5/c1-13(2)5-3-4-10(12(13)14)17-6-7-18-9-15-16-11(18)8-17/h9-10,12H,3-8,14H2,1-2H3. The van der Waals surface area contributed by atoms with Crippen molar-refractivity contribution in [3.8, 4) is 0 Å². The minimum Gasteiger partial charge on any atom is -0.326 e. The summed E-state index contributed by atoms with van der Waals surface area (Å²) in [5.74, 6) is 1.08. The summed E-state index contributed by atoms with van der Waals surface area (Å²) in [5.41, 5.74) is 6.76. The van der Waals surface area contributed by atoms with Crippen LogP contribution >= 0.6 is 0 Å². The van der Waals surface area contributed by atoms with Crippen LogP contribution in [0.3, 0.4) is 0 Å². The molecule has 1 aromatic rings. The average molecular weight is 249 g/mol. The lowest BCUT2D eigenvalue weighted by Gasteiger charge is -2.47. The van der Waals surface area contributed by atoms with Gasteiger partial charge in [-0.1, -0.05) is 20.3 Å². The van der Waals surface area contributed by atoms with E-state index in [4.69, 9.17) is 5.73 Å². The Bertz CT molecular complexity index is 425. The molecule has 0 bridgehead atoms. The molecule has 0 radical (unpaired) electrons. The molecule has 1 saturated carbocycles. The van der Waals surface area contributed by atoms with Gasteiger partial charge in [-0.3, -0.25) is 4.90 Å². The van der Waals surface area contributed by atoms with Gasteiger partial charge in [0.15, 0.2) is 0 Å². The summed E-state index contributed by atoms with van der Waals surface area (Å²) in [7, 11) is 0. The second kappa shape index (κ2) is 4.31. The molecule has 1 aromatic heterocycles. The van der Waals surface area contributed by atoms with Crippen molar-refractivity contribution in [2.45, 2.75) is 58.3 Å². The maximum absolute atomic E-state index is 6.50. The lowest BCUT2D eigenvalue weighted by molar-refractivity contribution is 0.0495. The van der Waals surface area contributed by atoms with Gasteiger partial charge in [0, 0.05) is 25.2 Å². The van der Waals surface area contributed by atoms with Crippen LogP contribution in [0.15, 0.2) is 6.33 Å². The van der Waals surface area contributed by atoms with Crippen LogP contribution in [-0.2, 0) is 13.1 Å². The van der Waals surface area contributed by atoms with Gasteiger partial charge in [-0.05, 0) is 18.3 Å². The van der Waals surface area contributed by atoms with E-state index in [2.05, 4.69) is 33.5 Å². The van der Waals surface area contributed by atoms with Crippen LogP contribution in [-0.4, -0.2) is 38.3 Å². The van der Waals surface area contributed by atoms with Gasteiger partial charge in [0.1, 0.15) is 12.2 Å². The summed E-state index contributed by atoms with van der Waals surface area (Å²) in [6.07, 6.45) is 5.58. The van der Waals surface area contributed by atoms with Crippen LogP contribution in [0.1, 0.15) is 38.9 Å². The molecule has 2 unspecified atom stereocenters. The Labute approximate surface area is 108 Å². The van der Waals surface area contributed by atoms with Crippen molar-refractivity contribution in [3.63, 3.8) is 0 Å². The third-order valence-electron chi connectivity index (χ3n) is 4.78. The zero-order valence-corrected chi connectivity index (χ0v) is 11.3. The van der Waals surface area contributed by atoms with E-state index in [-0.39, 0.29) is 11.5 Å². The highest BCUT2D eigenvalue weighted by Gasteiger charge is 2.40. The van der Waals surface area contributed by atoms with Gasteiger partial charge in [0.2, 0.25) is 0 Å². The number of hydrogen-bond donors (Lipinski definition) is 1. The van der Waals surface area contributed by atoms with E-state index in [0.717, 1.165) is 25.5 Å². The largest absolute Gasteiger partial charge is 0.326 e. The van der Waals surface area contributed by atoms with Crippen LogP contribution in [0.2, 0.25) is 0 Å². The van der Waals surface area contributed by atoms with Crippen LogP contribution in [0.4, 0.5) is 0 Å². The summed E-state index contributed by atoms with van der Waals surface area (Å²) >= 11 is 0. The van der Waals surface area contributed by atoms with Gasteiger partial charge in [-0.15, -0.1) is 10.2 Å². The Morgan fingerprint density at radius 2 is 2.22 bits per heavy atom. The van der Waals surface area contributed by atoms with Gasteiger partial charge < -0.3 is 10.3 Å². The van der Waals surface area contributed by atoms with Gasteiger partial charge >= 0.3 is 0 Å². The summed E-state index contributed by atoms with van der Waals surface area (Å²) < 4.78 is 2.15. The second-order valence-electron chi connectivity index (χ2n) is 6.38. The topological polar surface area (TPSA) is 60.0 Å². The molecular weight excluding hydrogens is 226 g/mol. The molecule has 0 amide bonds. The zero-order chi connectivity index (χ0) is 12.8. The normalized spacial score (nSPS) is 32.2. The fourth-order valence-corrected chi connectivity index (χ4v) is 3.41. The molecule has 1 aliphatic heterocycles. The number of aromatic nitrogens is 3. The summed E-state index contributed by atoms with van der Waals surface area (Å²) in [5, 5.41) is 8.18. The summed E-state index contributed by atoms with van der Waals surface area (Å²) in [6, 6.07) is 0.764. The van der Waals surface area contributed by atoms with Crippen LogP contribution in [0, 0.1) is 5.41 Å². The van der Waals surface area contributed by atoms with Gasteiger partial charge in [-0.2, -0.15) is 0 Å². The predicted molar refractivity (Wildman–Crippen MR) is 69.8 cm³/mol. The molecule has 3 rings (SSSR count). The van der Waals surface area contributed by atoms with Crippen molar-refractivity contribution >= 4 is 0 Å². The first-order chi connectivity index (χ1) is 8.58. The molecule has 2 N–H and O–H groups in total. The van der Waals surface area contributed by atoms with Crippen LogP contribution in [0.25, 0.3) is 0 Å². The Morgan fingerprint density at radius 3 is 3.06 bits per heavy atom. The van der Waals surface area contributed by atoms with Crippen LogP contribution in [0.5, 0.6) is 0 Å². The minimum absolute atomic E-state index is 0.258. The Balaban J connectivity index is 1.76. The summed E-state index contributed by atoms with van der Waals surface area (Å²) in [4.78, 5) is 2.51. The molecule has 1 aliphatic carbocycles. The lowest BCUT2D eigenvalue weighted by Crippen LogP contribution is -2.58. The van der Waals surface area contributed by atoms with Crippen LogP contribution < -0.4 is 5.73 Å². The zero-order valence-electron chi connectivity index (χ0n) is 11.3. The first-order valence-electron chi connectivity index (χ1n) is 6.94. The fourth-order valence-electron chi connectivity index (χ4n) is 3.41. The third kappa shape index (κ3) is 1.95.